The molecule has 0 aliphatic heterocycles. The van der Waals surface area contributed by atoms with Crippen LogP contribution in [0, 0.1) is 11.3 Å². The number of benzene rings is 1. The summed E-state index contributed by atoms with van der Waals surface area (Å²) in [5, 5.41) is 8.50. The second-order valence-electron chi connectivity index (χ2n) is 2.21. The average molecular weight is 196 g/mol. The number of rotatable bonds is 2. The molecule has 0 amide bonds. The Morgan fingerprint density at radius 1 is 1.54 bits per heavy atom. The van der Waals surface area contributed by atoms with Crippen molar-refractivity contribution in [3.8, 4) is 6.07 Å². The summed E-state index contributed by atoms with van der Waals surface area (Å²) < 4.78 is 4.57. The van der Waals surface area contributed by atoms with Gasteiger partial charge in [-0.1, -0.05) is 23.7 Å². The Balaban J connectivity index is 2.78. The molecule has 0 aliphatic rings. The van der Waals surface area contributed by atoms with E-state index in [0.717, 1.165) is 0 Å². The van der Waals surface area contributed by atoms with Crippen LogP contribution < -0.4 is 0 Å². The smallest absolute Gasteiger partial charge is 0.340 e. The highest BCUT2D eigenvalue weighted by atomic mass is 35.5. The summed E-state index contributed by atoms with van der Waals surface area (Å²) in [5.74, 6) is -0.577. The van der Waals surface area contributed by atoms with Crippen molar-refractivity contribution >= 4 is 17.6 Å². The second kappa shape index (κ2) is 4.48. The summed E-state index contributed by atoms with van der Waals surface area (Å²) >= 11 is 5.71. The van der Waals surface area contributed by atoms with Crippen LogP contribution in [0.3, 0.4) is 0 Å². The van der Waals surface area contributed by atoms with Gasteiger partial charge in [-0.05, 0) is 12.1 Å². The van der Waals surface area contributed by atoms with E-state index in [2.05, 4.69) is 4.74 Å². The zero-order chi connectivity index (χ0) is 9.68. The van der Waals surface area contributed by atoms with Crippen LogP contribution in [-0.2, 0) is 4.74 Å². The third-order valence-corrected chi connectivity index (χ3v) is 1.69. The van der Waals surface area contributed by atoms with Gasteiger partial charge in [-0.2, -0.15) is 5.26 Å². The van der Waals surface area contributed by atoms with Gasteiger partial charge in [0.25, 0.3) is 0 Å². The SMILES string of the molecule is N#CCOC(=O)c1ccccc1Cl. The van der Waals surface area contributed by atoms with Crippen molar-refractivity contribution in [2.75, 3.05) is 6.61 Å². The third kappa shape index (κ3) is 2.46. The number of nitrogens with zero attached hydrogens (tertiary/aromatic N) is 1. The second-order valence-corrected chi connectivity index (χ2v) is 2.62. The maximum absolute atomic E-state index is 11.2. The molecule has 1 aromatic rings. The van der Waals surface area contributed by atoms with E-state index in [1.807, 2.05) is 0 Å². The molecule has 0 unspecified atom stereocenters. The average Bonchev–Trinajstić information content (AvgIpc) is 2.15. The molecule has 0 bridgehead atoms. The van der Waals surface area contributed by atoms with Gasteiger partial charge in [-0.15, -0.1) is 0 Å². The Kier molecular flexibility index (Phi) is 3.30. The maximum Gasteiger partial charge on any atom is 0.340 e. The molecule has 0 spiro atoms. The van der Waals surface area contributed by atoms with Crippen molar-refractivity contribution in [3.63, 3.8) is 0 Å². The van der Waals surface area contributed by atoms with E-state index in [4.69, 9.17) is 16.9 Å². The molecule has 0 saturated carbocycles. The minimum Gasteiger partial charge on any atom is -0.447 e. The molecule has 0 saturated heterocycles. The molecule has 66 valence electrons. The van der Waals surface area contributed by atoms with E-state index in [0.29, 0.717) is 5.02 Å². The highest BCUT2D eigenvalue weighted by Gasteiger charge is 2.09. The molecular formula is C9H6ClNO2. The normalized spacial score (nSPS) is 8.92. The van der Waals surface area contributed by atoms with Crippen molar-refractivity contribution < 1.29 is 9.53 Å². The molecule has 0 fully saturated rings. The van der Waals surface area contributed by atoms with Gasteiger partial charge in [0, 0.05) is 0 Å². The lowest BCUT2D eigenvalue weighted by atomic mass is 10.2. The molecule has 0 atom stereocenters. The van der Waals surface area contributed by atoms with Crippen LogP contribution in [0.15, 0.2) is 24.3 Å². The van der Waals surface area contributed by atoms with Crippen LogP contribution in [0.2, 0.25) is 5.02 Å². The van der Waals surface area contributed by atoms with Crippen LogP contribution in [0.25, 0.3) is 0 Å². The van der Waals surface area contributed by atoms with Crippen molar-refractivity contribution in [2.24, 2.45) is 0 Å². The largest absolute Gasteiger partial charge is 0.447 e. The standard InChI is InChI=1S/C9H6ClNO2/c10-8-4-2-1-3-7(8)9(12)13-6-5-11/h1-4H,6H2. The molecule has 0 N–H and O–H groups in total. The van der Waals surface area contributed by atoms with Crippen molar-refractivity contribution in [2.45, 2.75) is 0 Å². The zero-order valence-corrected chi connectivity index (χ0v) is 7.41. The lowest BCUT2D eigenvalue weighted by molar-refractivity contribution is 0.0555. The molecule has 0 aromatic heterocycles. The summed E-state index contributed by atoms with van der Waals surface area (Å²) in [6.45, 7) is -0.260. The fourth-order valence-corrected chi connectivity index (χ4v) is 1.02. The van der Waals surface area contributed by atoms with E-state index < -0.39 is 5.97 Å². The number of hydrogen-bond acceptors (Lipinski definition) is 3. The summed E-state index contributed by atoms with van der Waals surface area (Å²) in [6, 6.07) is 8.22. The van der Waals surface area contributed by atoms with E-state index in [-0.39, 0.29) is 12.2 Å². The minimum atomic E-state index is -0.577. The molecule has 3 nitrogen and oxygen atoms in total. The van der Waals surface area contributed by atoms with Crippen molar-refractivity contribution in [3.05, 3.63) is 34.9 Å². The highest BCUT2D eigenvalue weighted by molar-refractivity contribution is 6.33. The molecule has 0 radical (unpaired) electrons. The Morgan fingerprint density at radius 2 is 2.23 bits per heavy atom. The van der Waals surface area contributed by atoms with Gasteiger partial charge in [-0.3, -0.25) is 0 Å². The Morgan fingerprint density at radius 3 is 2.85 bits per heavy atom. The van der Waals surface area contributed by atoms with Gasteiger partial charge in [-0.25, -0.2) is 4.79 Å². The van der Waals surface area contributed by atoms with Crippen LogP contribution in [0.4, 0.5) is 0 Å². The van der Waals surface area contributed by atoms with E-state index in [1.165, 1.54) is 0 Å². The Labute approximate surface area is 80.5 Å². The highest BCUT2D eigenvalue weighted by Crippen LogP contribution is 2.15. The summed E-state index contributed by atoms with van der Waals surface area (Å²) in [6.07, 6.45) is 0. The lowest BCUT2D eigenvalue weighted by Gasteiger charge is -2.01. The predicted octanol–water partition coefficient (Wildman–Crippen LogP) is 2.02. The van der Waals surface area contributed by atoms with E-state index in [9.17, 15) is 4.79 Å². The fourth-order valence-electron chi connectivity index (χ4n) is 0.802. The molecule has 0 heterocycles. The first-order valence-electron chi connectivity index (χ1n) is 3.54. The minimum absolute atomic E-state index is 0.260. The molecule has 1 aromatic carbocycles. The first kappa shape index (κ1) is 9.56. The molecule has 13 heavy (non-hydrogen) atoms. The zero-order valence-electron chi connectivity index (χ0n) is 6.66. The summed E-state index contributed by atoms with van der Waals surface area (Å²) in [7, 11) is 0. The monoisotopic (exact) mass is 195 g/mol. The number of halogens is 1. The van der Waals surface area contributed by atoms with E-state index in [1.54, 1.807) is 30.3 Å². The Bertz CT molecular complexity index is 357. The predicted molar refractivity (Wildman–Crippen MR) is 47.3 cm³/mol. The van der Waals surface area contributed by atoms with Crippen molar-refractivity contribution in [1.29, 1.82) is 5.26 Å². The van der Waals surface area contributed by atoms with Gasteiger partial charge in [0.15, 0.2) is 6.61 Å². The molecule has 0 aliphatic carbocycles. The van der Waals surface area contributed by atoms with Gasteiger partial charge in [0.1, 0.15) is 6.07 Å². The summed E-state index contributed by atoms with van der Waals surface area (Å²) in [4.78, 5) is 11.2. The fraction of sp³-hybridized carbons (Fsp3) is 0.111. The quantitative estimate of drug-likeness (QED) is 0.679. The van der Waals surface area contributed by atoms with Crippen LogP contribution in [-0.4, -0.2) is 12.6 Å². The number of nitriles is 1. The number of hydrogen-bond donors (Lipinski definition) is 0. The molecular weight excluding hydrogens is 190 g/mol. The number of carbonyl (C=O) groups excluding carboxylic acids is 1. The van der Waals surface area contributed by atoms with Gasteiger partial charge >= 0.3 is 5.97 Å². The topological polar surface area (TPSA) is 50.1 Å². The third-order valence-electron chi connectivity index (χ3n) is 1.36. The van der Waals surface area contributed by atoms with Crippen molar-refractivity contribution in [1.82, 2.24) is 0 Å². The van der Waals surface area contributed by atoms with Gasteiger partial charge in [0.05, 0.1) is 10.6 Å². The molecule has 1 rings (SSSR count). The van der Waals surface area contributed by atoms with Crippen LogP contribution >= 0.6 is 11.6 Å². The van der Waals surface area contributed by atoms with Gasteiger partial charge in [0.2, 0.25) is 0 Å². The number of esters is 1. The first-order valence-corrected chi connectivity index (χ1v) is 3.92. The summed E-state index contributed by atoms with van der Waals surface area (Å²) in [5.41, 5.74) is 0.277. The van der Waals surface area contributed by atoms with Gasteiger partial charge < -0.3 is 4.74 Å². The van der Waals surface area contributed by atoms with Crippen LogP contribution in [0.5, 0.6) is 0 Å². The Hall–Kier alpha value is -1.53. The van der Waals surface area contributed by atoms with E-state index >= 15 is 0 Å². The number of carbonyl (C=O) groups is 1. The first-order chi connectivity index (χ1) is 6.25. The lowest BCUT2D eigenvalue weighted by Crippen LogP contribution is -2.05. The molecule has 4 heteroatoms. The van der Waals surface area contributed by atoms with Crippen LogP contribution in [0.1, 0.15) is 10.4 Å². The number of ether oxygens (including phenoxy) is 1. The maximum atomic E-state index is 11.2.